The van der Waals surface area contributed by atoms with Gasteiger partial charge in [0.15, 0.2) is 0 Å². The Kier molecular flexibility index (Phi) is 3.37. The summed E-state index contributed by atoms with van der Waals surface area (Å²) < 4.78 is 11.5. The number of nitrogen functional groups attached to an aromatic ring is 1. The molecule has 3 N–H and O–H groups in total. The van der Waals surface area contributed by atoms with Crippen LogP contribution in [0.5, 0.6) is 0 Å². The number of hydrogen-bond acceptors (Lipinski definition) is 4. The molecule has 2 aliphatic rings. The van der Waals surface area contributed by atoms with Crippen LogP contribution in [0.4, 0.5) is 0 Å². The second-order valence-electron chi connectivity index (χ2n) is 7.19. The van der Waals surface area contributed by atoms with Crippen molar-refractivity contribution in [1.82, 2.24) is 5.43 Å². The fourth-order valence-corrected chi connectivity index (χ4v) is 4.22. The van der Waals surface area contributed by atoms with Gasteiger partial charge in [-0.2, -0.15) is 0 Å². The Morgan fingerprint density at radius 3 is 2.86 bits per heavy atom. The molecule has 2 fully saturated rings. The number of hydrogen-bond donors (Lipinski definition) is 2. The molecule has 3 rings (SSSR count). The van der Waals surface area contributed by atoms with Crippen molar-refractivity contribution in [2.24, 2.45) is 22.6 Å². The largest absolute Gasteiger partial charge is 0.466 e. The molecule has 2 bridgehead atoms. The highest BCUT2D eigenvalue weighted by Gasteiger charge is 2.61. The minimum atomic E-state index is -0.349. The van der Waals surface area contributed by atoms with Crippen molar-refractivity contribution >= 4 is 5.91 Å². The quantitative estimate of drug-likeness (QED) is 0.508. The van der Waals surface area contributed by atoms with E-state index in [9.17, 15) is 4.79 Å². The first-order valence-electron chi connectivity index (χ1n) is 7.58. The molecule has 5 nitrogen and oxygen atoms in total. The summed E-state index contributed by atoms with van der Waals surface area (Å²) in [5, 5.41) is 0. The number of nitrogens with one attached hydrogen (secondary N) is 1. The first kappa shape index (κ1) is 14.6. The predicted molar refractivity (Wildman–Crippen MR) is 78.2 cm³/mol. The van der Waals surface area contributed by atoms with Crippen LogP contribution < -0.4 is 11.3 Å². The van der Waals surface area contributed by atoms with Crippen molar-refractivity contribution in [3.05, 3.63) is 23.7 Å². The van der Waals surface area contributed by atoms with Crippen LogP contribution in [-0.4, -0.2) is 12.0 Å². The molecule has 3 unspecified atom stereocenters. The van der Waals surface area contributed by atoms with Gasteiger partial charge >= 0.3 is 0 Å². The van der Waals surface area contributed by atoms with Crippen LogP contribution >= 0.6 is 0 Å². The van der Waals surface area contributed by atoms with E-state index in [2.05, 4.69) is 26.2 Å². The van der Waals surface area contributed by atoms with Crippen LogP contribution in [0, 0.1) is 16.7 Å². The van der Waals surface area contributed by atoms with E-state index in [1.807, 2.05) is 0 Å². The predicted octanol–water partition coefficient (Wildman–Crippen LogP) is 2.61. The maximum Gasteiger partial charge on any atom is 0.268 e. The third kappa shape index (κ3) is 2.10. The van der Waals surface area contributed by atoms with Crippen LogP contribution in [-0.2, 0) is 11.3 Å². The van der Waals surface area contributed by atoms with E-state index in [4.69, 9.17) is 15.0 Å². The third-order valence-electron chi connectivity index (χ3n) is 6.19. The Bertz CT molecular complexity index is 551. The molecule has 0 aliphatic heterocycles. The van der Waals surface area contributed by atoms with Crippen LogP contribution in [0.3, 0.4) is 0 Å². The zero-order valence-electron chi connectivity index (χ0n) is 12.9. The molecule has 116 valence electrons. The zero-order valence-corrected chi connectivity index (χ0v) is 12.9. The maximum absolute atomic E-state index is 11.4. The molecule has 21 heavy (non-hydrogen) atoms. The molecule has 1 aromatic rings. The van der Waals surface area contributed by atoms with Gasteiger partial charge < -0.3 is 9.15 Å². The van der Waals surface area contributed by atoms with Crippen LogP contribution in [0.15, 0.2) is 16.7 Å². The number of ether oxygens (including phenoxy) is 1. The molecule has 0 radical (unpaired) electrons. The van der Waals surface area contributed by atoms with Gasteiger partial charge in [-0.15, -0.1) is 0 Å². The zero-order chi connectivity index (χ0) is 15.3. The summed E-state index contributed by atoms with van der Waals surface area (Å²) in [6, 6.07) is 1.68. The van der Waals surface area contributed by atoms with Gasteiger partial charge in [-0.05, 0) is 42.1 Å². The molecule has 2 aliphatic carbocycles. The lowest BCUT2D eigenvalue weighted by Crippen LogP contribution is -2.37. The number of rotatable bonds is 4. The number of amides is 1. The van der Waals surface area contributed by atoms with Gasteiger partial charge in [0.1, 0.15) is 18.6 Å². The highest BCUT2D eigenvalue weighted by Crippen LogP contribution is 2.66. The summed E-state index contributed by atoms with van der Waals surface area (Å²) in [4.78, 5) is 11.4. The molecular weight excluding hydrogens is 268 g/mol. The Morgan fingerprint density at radius 2 is 2.29 bits per heavy atom. The number of nitrogens with two attached hydrogens (primary N) is 1. The second-order valence-corrected chi connectivity index (χ2v) is 7.19. The lowest BCUT2D eigenvalue weighted by Gasteiger charge is -2.38. The lowest BCUT2D eigenvalue weighted by atomic mass is 9.70. The van der Waals surface area contributed by atoms with Crippen molar-refractivity contribution in [2.45, 2.75) is 52.7 Å². The topological polar surface area (TPSA) is 77.5 Å². The third-order valence-corrected chi connectivity index (χ3v) is 6.19. The SMILES string of the molecule is CC1(C)C2CCC1(C)C(OCc1cc(C(=O)NN)co1)C2. The van der Waals surface area contributed by atoms with Gasteiger partial charge in [0.05, 0.1) is 11.7 Å². The average molecular weight is 292 g/mol. The van der Waals surface area contributed by atoms with Gasteiger partial charge in [0, 0.05) is 0 Å². The number of fused-ring (bicyclic) bond motifs is 2. The van der Waals surface area contributed by atoms with Crippen LogP contribution in [0.25, 0.3) is 0 Å². The molecule has 2 saturated carbocycles. The Balaban J connectivity index is 1.64. The number of hydrazine groups is 1. The maximum atomic E-state index is 11.4. The smallest absolute Gasteiger partial charge is 0.268 e. The summed E-state index contributed by atoms with van der Waals surface area (Å²) in [6.45, 7) is 7.48. The molecule has 0 saturated heterocycles. The molecule has 1 heterocycles. The van der Waals surface area contributed by atoms with Crippen LogP contribution in [0.1, 0.15) is 56.2 Å². The molecule has 0 aromatic carbocycles. The van der Waals surface area contributed by atoms with Crippen molar-refractivity contribution in [3.63, 3.8) is 0 Å². The van der Waals surface area contributed by atoms with Gasteiger partial charge in [-0.1, -0.05) is 20.8 Å². The van der Waals surface area contributed by atoms with Crippen molar-refractivity contribution < 1.29 is 13.9 Å². The summed E-state index contributed by atoms with van der Waals surface area (Å²) in [5.41, 5.74) is 3.09. The summed E-state index contributed by atoms with van der Waals surface area (Å²) in [5.74, 6) is 6.17. The van der Waals surface area contributed by atoms with E-state index in [0.717, 1.165) is 12.3 Å². The van der Waals surface area contributed by atoms with Gasteiger partial charge in [-0.3, -0.25) is 10.2 Å². The molecule has 1 amide bonds. The fraction of sp³-hybridized carbons (Fsp3) is 0.688. The van der Waals surface area contributed by atoms with Gasteiger partial charge in [-0.25, -0.2) is 5.84 Å². The first-order valence-corrected chi connectivity index (χ1v) is 7.58. The molecule has 5 heteroatoms. The summed E-state index contributed by atoms with van der Waals surface area (Å²) in [6.07, 6.45) is 5.34. The second kappa shape index (κ2) is 4.85. The Hall–Kier alpha value is -1.33. The van der Waals surface area contributed by atoms with E-state index in [1.165, 1.54) is 19.1 Å². The van der Waals surface area contributed by atoms with Crippen molar-refractivity contribution in [1.29, 1.82) is 0 Å². The monoisotopic (exact) mass is 292 g/mol. The number of carbonyl (C=O) groups is 1. The Morgan fingerprint density at radius 1 is 1.52 bits per heavy atom. The highest BCUT2D eigenvalue weighted by molar-refractivity contribution is 5.93. The van der Waals surface area contributed by atoms with E-state index in [-0.39, 0.29) is 17.4 Å². The minimum Gasteiger partial charge on any atom is -0.466 e. The van der Waals surface area contributed by atoms with E-state index in [1.54, 1.807) is 6.07 Å². The van der Waals surface area contributed by atoms with E-state index in [0.29, 0.717) is 23.3 Å². The summed E-state index contributed by atoms with van der Waals surface area (Å²) >= 11 is 0. The fourth-order valence-electron chi connectivity index (χ4n) is 4.22. The highest BCUT2D eigenvalue weighted by atomic mass is 16.5. The molecule has 1 aromatic heterocycles. The molecular formula is C16H24N2O3. The Labute approximate surface area is 125 Å². The van der Waals surface area contributed by atoms with Crippen molar-refractivity contribution in [3.8, 4) is 0 Å². The van der Waals surface area contributed by atoms with Crippen molar-refractivity contribution in [2.75, 3.05) is 0 Å². The minimum absolute atomic E-state index is 0.238. The number of carbonyl (C=O) groups excluding carboxylic acids is 1. The van der Waals surface area contributed by atoms with E-state index < -0.39 is 0 Å². The molecule has 0 spiro atoms. The molecule has 3 atom stereocenters. The first-order chi connectivity index (χ1) is 9.88. The number of furan rings is 1. The standard InChI is InChI=1S/C16H24N2O3/c1-15(2)11-4-5-16(15,3)13(7-11)21-9-12-6-10(8-20-12)14(19)18-17/h6,8,11,13H,4-5,7,9,17H2,1-3H3,(H,18,19). The van der Waals surface area contributed by atoms with Crippen LogP contribution in [0.2, 0.25) is 0 Å². The normalized spacial score (nSPS) is 33.3. The summed E-state index contributed by atoms with van der Waals surface area (Å²) in [7, 11) is 0. The average Bonchev–Trinajstić information content (AvgIpc) is 3.06. The van der Waals surface area contributed by atoms with Gasteiger partial charge in [0.25, 0.3) is 5.91 Å². The lowest BCUT2D eigenvalue weighted by molar-refractivity contribution is -0.0597. The van der Waals surface area contributed by atoms with E-state index >= 15 is 0 Å². The van der Waals surface area contributed by atoms with Gasteiger partial charge in [0.2, 0.25) is 0 Å².